The molecule has 0 aliphatic rings. The predicted molar refractivity (Wildman–Crippen MR) is 84.2 cm³/mol. The van der Waals surface area contributed by atoms with E-state index in [9.17, 15) is 0 Å². The number of pyridine rings is 1. The molecule has 20 heavy (non-hydrogen) atoms. The van der Waals surface area contributed by atoms with Crippen molar-refractivity contribution in [2.24, 2.45) is 0 Å². The number of hydrogen-bond acceptors (Lipinski definition) is 2. The minimum Gasteiger partial charge on any atom is -0.394 e. The molecular weight excluding hydrogens is 270 g/mol. The Balaban J connectivity index is 2.20. The lowest BCUT2D eigenvalue weighted by atomic mass is 10.1. The number of aromatic nitrogens is 2. The number of fused-ring (bicyclic) bond motifs is 1. The summed E-state index contributed by atoms with van der Waals surface area (Å²) in [5, 5.41) is 0.537. The molecule has 2 heterocycles. The number of rotatable bonds is 2. The number of nitrogens with zero attached hydrogens (tertiary/aromatic N) is 2. The highest BCUT2D eigenvalue weighted by atomic mass is 35.5. The summed E-state index contributed by atoms with van der Waals surface area (Å²) in [4.78, 5) is 4.65. The van der Waals surface area contributed by atoms with Gasteiger partial charge in [0.25, 0.3) is 0 Å². The van der Waals surface area contributed by atoms with Gasteiger partial charge in [-0.1, -0.05) is 42.8 Å². The van der Waals surface area contributed by atoms with Crippen molar-refractivity contribution in [3.05, 3.63) is 52.8 Å². The summed E-state index contributed by atoms with van der Waals surface area (Å²) in [6.07, 6.45) is 2.94. The number of anilines is 1. The van der Waals surface area contributed by atoms with E-state index in [4.69, 9.17) is 17.3 Å². The molecule has 0 saturated heterocycles. The monoisotopic (exact) mass is 285 g/mol. The molecule has 1 aromatic carbocycles. The van der Waals surface area contributed by atoms with E-state index in [2.05, 4.69) is 36.2 Å². The fourth-order valence-electron chi connectivity index (χ4n) is 2.39. The van der Waals surface area contributed by atoms with Gasteiger partial charge in [-0.25, -0.2) is 4.98 Å². The number of nitrogens with two attached hydrogens (primary N) is 1. The molecule has 0 radical (unpaired) electrons. The normalized spacial score (nSPS) is 11.2. The van der Waals surface area contributed by atoms with E-state index < -0.39 is 0 Å². The topological polar surface area (TPSA) is 43.3 Å². The minimum atomic E-state index is 0.522. The third-order valence-corrected chi connectivity index (χ3v) is 3.98. The number of halogens is 1. The molecule has 0 bridgehead atoms. The van der Waals surface area contributed by atoms with E-state index in [-0.39, 0.29) is 0 Å². The van der Waals surface area contributed by atoms with Gasteiger partial charge in [-0.2, -0.15) is 0 Å². The molecular formula is C16H16ClN3. The van der Waals surface area contributed by atoms with Crippen LogP contribution in [-0.2, 0) is 6.42 Å². The highest BCUT2D eigenvalue weighted by molar-refractivity contribution is 6.33. The number of imidazole rings is 1. The second kappa shape index (κ2) is 4.84. The first kappa shape index (κ1) is 13.0. The van der Waals surface area contributed by atoms with Gasteiger partial charge in [-0.15, -0.1) is 0 Å². The summed E-state index contributed by atoms with van der Waals surface area (Å²) in [7, 11) is 0. The smallest absolute Gasteiger partial charge is 0.162 e. The van der Waals surface area contributed by atoms with E-state index in [0.29, 0.717) is 16.4 Å². The lowest BCUT2D eigenvalue weighted by Gasteiger charge is -2.02. The van der Waals surface area contributed by atoms with Crippen molar-refractivity contribution in [1.29, 1.82) is 0 Å². The molecule has 0 unspecified atom stereocenters. The fraction of sp³-hybridized carbons (Fsp3) is 0.188. The second-order valence-electron chi connectivity index (χ2n) is 4.87. The molecule has 0 aliphatic carbocycles. The molecule has 0 spiro atoms. The van der Waals surface area contributed by atoms with Gasteiger partial charge in [0.05, 0.1) is 16.4 Å². The van der Waals surface area contributed by atoms with E-state index in [1.54, 1.807) is 6.07 Å². The molecule has 4 heteroatoms. The van der Waals surface area contributed by atoms with Crippen molar-refractivity contribution in [2.75, 3.05) is 5.73 Å². The second-order valence-corrected chi connectivity index (χ2v) is 5.27. The van der Waals surface area contributed by atoms with Crippen LogP contribution in [0.4, 0.5) is 5.69 Å². The van der Waals surface area contributed by atoms with Crippen LogP contribution < -0.4 is 5.73 Å². The van der Waals surface area contributed by atoms with Crippen LogP contribution in [0.1, 0.15) is 18.2 Å². The van der Waals surface area contributed by atoms with Gasteiger partial charge in [-0.05, 0) is 25.0 Å². The van der Waals surface area contributed by atoms with Crippen LogP contribution >= 0.6 is 11.6 Å². The third-order valence-electron chi connectivity index (χ3n) is 3.65. The van der Waals surface area contributed by atoms with Crippen LogP contribution in [0.2, 0.25) is 5.02 Å². The summed E-state index contributed by atoms with van der Waals surface area (Å²) >= 11 is 6.06. The van der Waals surface area contributed by atoms with E-state index in [0.717, 1.165) is 23.4 Å². The fourth-order valence-corrected chi connectivity index (χ4v) is 2.54. The van der Waals surface area contributed by atoms with Crippen molar-refractivity contribution in [3.8, 4) is 11.3 Å². The lowest BCUT2D eigenvalue weighted by molar-refractivity contribution is 1.11. The third kappa shape index (κ3) is 1.95. The molecule has 2 aromatic heterocycles. The molecule has 102 valence electrons. The van der Waals surface area contributed by atoms with Gasteiger partial charge >= 0.3 is 0 Å². The molecule has 3 rings (SSSR count). The Labute approximate surface area is 123 Å². The molecule has 0 saturated carbocycles. The summed E-state index contributed by atoms with van der Waals surface area (Å²) in [6, 6.07) is 10.3. The number of nitrogen functional groups attached to an aromatic ring is 1. The van der Waals surface area contributed by atoms with Crippen LogP contribution in [-0.4, -0.2) is 9.38 Å². The summed E-state index contributed by atoms with van der Waals surface area (Å²) < 4.78 is 1.98. The van der Waals surface area contributed by atoms with Crippen molar-refractivity contribution < 1.29 is 0 Å². The molecule has 3 nitrogen and oxygen atoms in total. The average molecular weight is 286 g/mol. The van der Waals surface area contributed by atoms with Crippen LogP contribution in [0.5, 0.6) is 0 Å². The zero-order valence-corrected chi connectivity index (χ0v) is 12.3. The number of hydrogen-bond donors (Lipinski definition) is 1. The largest absolute Gasteiger partial charge is 0.394 e. The predicted octanol–water partition coefficient (Wildman–Crippen LogP) is 4.11. The molecule has 0 fully saturated rings. The lowest BCUT2D eigenvalue weighted by Crippen LogP contribution is -1.94. The van der Waals surface area contributed by atoms with Crippen molar-refractivity contribution in [2.45, 2.75) is 20.3 Å². The molecule has 0 aliphatic heterocycles. The first-order valence-electron chi connectivity index (χ1n) is 6.63. The summed E-state index contributed by atoms with van der Waals surface area (Å²) in [6.45, 7) is 4.18. The van der Waals surface area contributed by atoms with E-state index >= 15 is 0 Å². The van der Waals surface area contributed by atoms with E-state index in [1.165, 1.54) is 5.56 Å². The van der Waals surface area contributed by atoms with Crippen molar-refractivity contribution in [3.63, 3.8) is 0 Å². The van der Waals surface area contributed by atoms with Crippen LogP contribution in [0, 0.1) is 6.92 Å². The Morgan fingerprint density at radius 1 is 1.20 bits per heavy atom. The number of aryl methyl sites for hydroxylation is 2. The first-order chi connectivity index (χ1) is 9.61. The summed E-state index contributed by atoms with van der Waals surface area (Å²) in [5.41, 5.74) is 11.7. The Morgan fingerprint density at radius 3 is 2.55 bits per heavy atom. The van der Waals surface area contributed by atoms with Crippen molar-refractivity contribution >= 4 is 22.9 Å². The zero-order chi connectivity index (χ0) is 14.3. The molecule has 0 atom stereocenters. The molecule has 3 aromatic rings. The standard InChI is InChI=1S/C16H16ClN3/c1-3-11-4-6-12(7-5-11)15-10(2)20-9-8-13(17)14(18)16(20)19-15/h4-9H,3,18H2,1-2H3. The maximum absolute atomic E-state index is 6.06. The maximum Gasteiger partial charge on any atom is 0.162 e. The van der Waals surface area contributed by atoms with Crippen LogP contribution in [0.15, 0.2) is 36.5 Å². The first-order valence-corrected chi connectivity index (χ1v) is 7.01. The maximum atomic E-state index is 6.06. The van der Waals surface area contributed by atoms with E-state index in [1.807, 2.05) is 17.5 Å². The Bertz CT molecular complexity index is 773. The van der Waals surface area contributed by atoms with Crippen molar-refractivity contribution in [1.82, 2.24) is 9.38 Å². The summed E-state index contributed by atoms with van der Waals surface area (Å²) in [5.74, 6) is 0. The SMILES string of the molecule is CCc1ccc(-c2nc3c(N)c(Cl)ccn3c2C)cc1. The average Bonchev–Trinajstić information content (AvgIpc) is 2.81. The van der Waals surface area contributed by atoms with Crippen LogP contribution in [0.25, 0.3) is 16.9 Å². The van der Waals surface area contributed by atoms with Gasteiger partial charge in [0, 0.05) is 17.5 Å². The highest BCUT2D eigenvalue weighted by Crippen LogP contribution is 2.29. The quantitative estimate of drug-likeness (QED) is 0.770. The molecule has 2 N–H and O–H groups in total. The number of benzene rings is 1. The van der Waals surface area contributed by atoms with Crippen LogP contribution in [0.3, 0.4) is 0 Å². The highest BCUT2D eigenvalue weighted by Gasteiger charge is 2.13. The van der Waals surface area contributed by atoms with Gasteiger partial charge in [-0.3, -0.25) is 0 Å². The van der Waals surface area contributed by atoms with Gasteiger partial charge in [0.2, 0.25) is 0 Å². The van der Waals surface area contributed by atoms with Gasteiger partial charge in [0.1, 0.15) is 0 Å². The zero-order valence-electron chi connectivity index (χ0n) is 11.5. The Kier molecular flexibility index (Phi) is 3.14. The minimum absolute atomic E-state index is 0.522. The Morgan fingerprint density at radius 2 is 1.90 bits per heavy atom. The van der Waals surface area contributed by atoms with Gasteiger partial charge in [0.15, 0.2) is 5.65 Å². The Hall–Kier alpha value is -2.00. The van der Waals surface area contributed by atoms with Gasteiger partial charge < -0.3 is 10.1 Å². The molecule has 0 amide bonds.